The molecule has 2 aliphatic heterocycles. The summed E-state index contributed by atoms with van der Waals surface area (Å²) in [5.41, 5.74) is 3.76. The number of rotatable bonds is 3. The minimum absolute atomic E-state index is 0.303. The Morgan fingerprint density at radius 3 is 3.05 bits per heavy atom. The van der Waals surface area contributed by atoms with Crippen molar-refractivity contribution in [2.24, 2.45) is 0 Å². The summed E-state index contributed by atoms with van der Waals surface area (Å²) in [7, 11) is 0. The molecule has 0 bridgehead atoms. The number of nitrogens with one attached hydrogen (secondary N) is 1. The van der Waals surface area contributed by atoms with Gasteiger partial charge in [-0.05, 0) is 56.7 Å². The van der Waals surface area contributed by atoms with Crippen molar-refractivity contribution >= 4 is 11.6 Å². The lowest BCUT2D eigenvalue weighted by Crippen LogP contribution is -2.38. The van der Waals surface area contributed by atoms with Crippen molar-refractivity contribution in [1.82, 2.24) is 5.32 Å². The molecule has 0 aromatic heterocycles. The molecule has 1 N–H and O–H groups in total. The lowest BCUT2D eigenvalue weighted by atomic mass is 9.96. The molecule has 2 aliphatic rings. The number of hydrogen-bond acceptors (Lipinski definition) is 2. The smallest absolute Gasteiger partial charge is 0.227 e. The maximum Gasteiger partial charge on any atom is 0.227 e. The highest BCUT2D eigenvalue weighted by Gasteiger charge is 2.24. The van der Waals surface area contributed by atoms with Crippen molar-refractivity contribution < 1.29 is 4.79 Å². The Bertz CT molecular complexity index is 506. The molecule has 1 saturated heterocycles. The number of amides is 1. The first-order valence-corrected chi connectivity index (χ1v) is 8.38. The monoisotopic (exact) mass is 286 g/mol. The molecule has 2 heterocycles. The molecular weight excluding hydrogens is 260 g/mol. The molecule has 3 nitrogen and oxygen atoms in total. The Morgan fingerprint density at radius 1 is 1.33 bits per heavy atom. The Labute approximate surface area is 127 Å². The van der Waals surface area contributed by atoms with Crippen LogP contribution >= 0.6 is 0 Å². The zero-order valence-corrected chi connectivity index (χ0v) is 13.0. The number of benzene rings is 1. The molecule has 1 amide bonds. The van der Waals surface area contributed by atoms with E-state index in [0.717, 1.165) is 32.4 Å². The number of fused-ring (bicyclic) bond motifs is 1. The zero-order valence-electron chi connectivity index (χ0n) is 13.0. The van der Waals surface area contributed by atoms with Crippen LogP contribution in [0.5, 0.6) is 0 Å². The predicted octanol–water partition coefficient (Wildman–Crippen LogP) is 3.20. The van der Waals surface area contributed by atoms with Crippen LogP contribution in [0.4, 0.5) is 5.69 Å². The Morgan fingerprint density at radius 2 is 2.24 bits per heavy atom. The van der Waals surface area contributed by atoms with Crippen LogP contribution in [0, 0.1) is 6.92 Å². The average Bonchev–Trinajstić information content (AvgIpc) is 2.53. The average molecular weight is 286 g/mol. The first-order valence-electron chi connectivity index (χ1n) is 8.38. The summed E-state index contributed by atoms with van der Waals surface area (Å²) in [4.78, 5) is 14.7. The maximum absolute atomic E-state index is 12.7. The Kier molecular flexibility index (Phi) is 4.59. The van der Waals surface area contributed by atoms with Gasteiger partial charge in [-0.25, -0.2) is 0 Å². The molecule has 0 aliphatic carbocycles. The quantitative estimate of drug-likeness (QED) is 0.925. The fraction of sp³-hybridized carbons (Fsp3) is 0.611. The van der Waals surface area contributed by atoms with Crippen LogP contribution in [-0.4, -0.2) is 25.0 Å². The first kappa shape index (κ1) is 14.6. The van der Waals surface area contributed by atoms with E-state index in [2.05, 4.69) is 30.4 Å². The maximum atomic E-state index is 12.7. The SMILES string of the molecule is Cc1cccc2c1N(C(=O)CCC1CCCCN1)CCC2. The molecule has 114 valence electrons. The van der Waals surface area contributed by atoms with Crippen molar-refractivity contribution in [1.29, 1.82) is 0 Å². The van der Waals surface area contributed by atoms with Gasteiger partial charge in [0, 0.05) is 24.7 Å². The van der Waals surface area contributed by atoms with Crippen molar-refractivity contribution in [3.63, 3.8) is 0 Å². The van der Waals surface area contributed by atoms with Crippen LogP contribution in [-0.2, 0) is 11.2 Å². The van der Waals surface area contributed by atoms with Crippen molar-refractivity contribution in [3.05, 3.63) is 29.3 Å². The summed E-state index contributed by atoms with van der Waals surface area (Å²) in [6, 6.07) is 6.94. The molecule has 21 heavy (non-hydrogen) atoms. The van der Waals surface area contributed by atoms with Crippen LogP contribution in [0.3, 0.4) is 0 Å². The van der Waals surface area contributed by atoms with E-state index in [1.807, 2.05) is 4.90 Å². The van der Waals surface area contributed by atoms with Gasteiger partial charge in [0.2, 0.25) is 5.91 Å². The van der Waals surface area contributed by atoms with E-state index in [9.17, 15) is 4.79 Å². The van der Waals surface area contributed by atoms with Gasteiger partial charge in [-0.15, -0.1) is 0 Å². The Balaban J connectivity index is 1.66. The number of nitrogens with zero attached hydrogens (tertiary/aromatic N) is 1. The molecule has 0 spiro atoms. The second kappa shape index (κ2) is 6.61. The van der Waals surface area contributed by atoms with Crippen molar-refractivity contribution in [3.8, 4) is 0 Å². The van der Waals surface area contributed by atoms with Gasteiger partial charge < -0.3 is 10.2 Å². The minimum Gasteiger partial charge on any atom is -0.314 e. The summed E-state index contributed by atoms with van der Waals surface area (Å²) in [5, 5.41) is 3.54. The largest absolute Gasteiger partial charge is 0.314 e. The number of aryl methyl sites for hydroxylation is 2. The van der Waals surface area contributed by atoms with Crippen LogP contribution < -0.4 is 10.2 Å². The Hall–Kier alpha value is -1.35. The third kappa shape index (κ3) is 3.29. The van der Waals surface area contributed by atoms with Crippen molar-refractivity contribution in [2.75, 3.05) is 18.0 Å². The van der Waals surface area contributed by atoms with E-state index in [-0.39, 0.29) is 0 Å². The zero-order chi connectivity index (χ0) is 14.7. The van der Waals surface area contributed by atoms with Gasteiger partial charge in [-0.3, -0.25) is 4.79 Å². The van der Waals surface area contributed by atoms with E-state index in [1.54, 1.807) is 0 Å². The van der Waals surface area contributed by atoms with Crippen LogP contribution in [0.2, 0.25) is 0 Å². The number of carbonyl (C=O) groups excluding carboxylic acids is 1. The predicted molar refractivity (Wildman–Crippen MR) is 86.7 cm³/mol. The molecule has 3 heteroatoms. The van der Waals surface area contributed by atoms with E-state index < -0.39 is 0 Å². The highest BCUT2D eigenvalue weighted by Crippen LogP contribution is 2.31. The lowest BCUT2D eigenvalue weighted by Gasteiger charge is -2.32. The summed E-state index contributed by atoms with van der Waals surface area (Å²) in [6.07, 6.45) is 7.65. The summed E-state index contributed by atoms with van der Waals surface area (Å²) >= 11 is 0. The van der Waals surface area contributed by atoms with Gasteiger partial charge in [0.25, 0.3) is 0 Å². The van der Waals surface area contributed by atoms with Crippen LogP contribution in [0.15, 0.2) is 18.2 Å². The molecule has 1 aromatic carbocycles. The number of piperidine rings is 1. The van der Waals surface area contributed by atoms with Crippen LogP contribution in [0.1, 0.15) is 49.7 Å². The molecular formula is C18H26N2O. The van der Waals surface area contributed by atoms with E-state index >= 15 is 0 Å². The van der Waals surface area contributed by atoms with Crippen LogP contribution in [0.25, 0.3) is 0 Å². The van der Waals surface area contributed by atoms with Gasteiger partial charge in [-0.1, -0.05) is 24.6 Å². The molecule has 0 radical (unpaired) electrons. The minimum atomic E-state index is 0.303. The van der Waals surface area contributed by atoms with Gasteiger partial charge >= 0.3 is 0 Å². The number of para-hydroxylation sites is 1. The molecule has 0 saturated carbocycles. The summed E-state index contributed by atoms with van der Waals surface area (Å²) in [6.45, 7) is 4.12. The summed E-state index contributed by atoms with van der Waals surface area (Å²) < 4.78 is 0. The number of carbonyl (C=O) groups is 1. The normalized spacial score (nSPS) is 22.0. The first-order chi connectivity index (χ1) is 10.3. The topological polar surface area (TPSA) is 32.3 Å². The van der Waals surface area contributed by atoms with Gasteiger partial charge in [-0.2, -0.15) is 0 Å². The molecule has 1 aromatic rings. The van der Waals surface area contributed by atoms with Gasteiger partial charge in [0.1, 0.15) is 0 Å². The molecule has 3 rings (SSSR count). The van der Waals surface area contributed by atoms with E-state index in [1.165, 1.54) is 36.1 Å². The number of anilines is 1. The van der Waals surface area contributed by atoms with Gasteiger partial charge in [0.05, 0.1) is 0 Å². The fourth-order valence-electron chi connectivity index (χ4n) is 3.70. The third-order valence-electron chi connectivity index (χ3n) is 4.84. The molecule has 1 atom stereocenters. The highest BCUT2D eigenvalue weighted by atomic mass is 16.2. The molecule has 1 unspecified atom stereocenters. The van der Waals surface area contributed by atoms with Crippen molar-refractivity contribution in [2.45, 2.75) is 57.9 Å². The van der Waals surface area contributed by atoms with Gasteiger partial charge in [0.15, 0.2) is 0 Å². The lowest BCUT2D eigenvalue weighted by molar-refractivity contribution is -0.118. The fourth-order valence-corrected chi connectivity index (χ4v) is 3.70. The van der Waals surface area contributed by atoms with E-state index in [4.69, 9.17) is 0 Å². The molecule has 1 fully saturated rings. The number of hydrogen-bond donors (Lipinski definition) is 1. The third-order valence-corrected chi connectivity index (χ3v) is 4.84. The second-order valence-electron chi connectivity index (χ2n) is 6.42. The van der Waals surface area contributed by atoms with E-state index in [0.29, 0.717) is 18.4 Å². The standard InChI is InChI=1S/C18H26N2O/c1-14-6-4-7-15-8-5-13-20(18(14)15)17(21)11-10-16-9-2-3-12-19-16/h4,6-7,16,19H,2-3,5,8-13H2,1H3. The summed E-state index contributed by atoms with van der Waals surface area (Å²) in [5.74, 6) is 0.303. The highest BCUT2D eigenvalue weighted by molar-refractivity contribution is 5.95. The second-order valence-corrected chi connectivity index (χ2v) is 6.42.